The molecule has 0 N–H and O–H groups in total. The Morgan fingerprint density at radius 2 is 0.905 bits per heavy atom. The fourth-order valence-electron chi connectivity index (χ4n) is 7.23. The minimum atomic E-state index is -0.929. The molecule has 2 saturated heterocycles. The highest BCUT2D eigenvalue weighted by atomic mass is 16.6. The predicted molar refractivity (Wildman–Crippen MR) is 254 cm³/mol. The molecule has 0 aromatic rings. The van der Waals surface area contributed by atoms with E-state index in [1.54, 1.807) is 0 Å². The summed E-state index contributed by atoms with van der Waals surface area (Å²) in [5.74, 6) is 21.8. The van der Waals surface area contributed by atoms with Crippen LogP contribution in [0.4, 0.5) is 0 Å². The highest BCUT2D eigenvalue weighted by Crippen LogP contribution is 2.28. The number of ether oxygens (including phenoxy) is 5. The Bertz CT molecular complexity index is 1520. The third-order valence-electron chi connectivity index (χ3n) is 11.2. The largest absolute Gasteiger partial charge is 0.462 e. The molecule has 0 bridgehead atoms. The highest BCUT2D eigenvalue weighted by molar-refractivity contribution is 5.71. The van der Waals surface area contributed by atoms with E-state index >= 15 is 0 Å². The van der Waals surface area contributed by atoms with E-state index in [0.29, 0.717) is 6.42 Å². The summed E-state index contributed by atoms with van der Waals surface area (Å²) in [6, 6.07) is 0. The molecule has 0 spiro atoms. The van der Waals surface area contributed by atoms with Crippen LogP contribution in [0.1, 0.15) is 212 Å². The highest BCUT2D eigenvalue weighted by Gasteiger charge is 2.37. The molecule has 2 rings (SSSR count). The van der Waals surface area contributed by atoms with Crippen LogP contribution < -0.4 is 0 Å². The molecule has 1 unspecified atom stereocenters. The van der Waals surface area contributed by atoms with Crippen LogP contribution in [0, 0.1) is 47.4 Å². The number of hydrogen-bond donors (Lipinski definition) is 0. The number of carbonyl (C=O) groups excluding carboxylic acids is 3. The number of epoxide rings is 2. The second-order valence-corrected chi connectivity index (χ2v) is 17.1. The maximum atomic E-state index is 12.7. The quantitative estimate of drug-likeness (QED) is 0.0150. The van der Waals surface area contributed by atoms with Crippen molar-refractivity contribution in [3.8, 4) is 47.4 Å². The molecule has 350 valence electrons. The van der Waals surface area contributed by atoms with Crippen molar-refractivity contribution in [1.29, 1.82) is 0 Å². The lowest BCUT2D eigenvalue weighted by atomic mass is 10.0. The van der Waals surface area contributed by atoms with Crippen molar-refractivity contribution in [1.82, 2.24) is 0 Å². The van der Waals surface area contributed by atoms with Gasteiger partial charge in [0, 0.05) is 19.3 Å². The van der Waals surface area contributed by atoms with Crippen molar-refractivity contribution < 1.29 is 38.1 Å². The number of unbranched alkanes of at least 4 members (excludes halogenated alkanes) is 22. The fourth-order valence-corrected chi connectivity index (χ4v) is 7.23. The Morgan fingerprint density at radius 1 is 0.508 bits per heavy atom. The van der Waals surface area contributed by atoms with Crippen molar-refractivity contribution in [2.75, 3.05) is 13.2 Å². The summed E-state index contributed by atoms with van der Waals surface area (Å²) in [7, 11) is 0. The number of allylic oxidation sites excluding steroid dienone is 2. The Hall–Kier alpha value is -3.95. The summed E-state index contributed by atoms with van der Waals surface area (Å²) >= 11 is 0. The van der Waals surface area contributed by atoms with E-state index in [9.17, 15) is 14.4 Å². The van der Waals surface area contributed by atoms with Crippen LogP contribution >= 0.6 is 0 Å². The zero-order valence-electron chi connectivity index (χ0n) is 39.3. The third-order valence-corrected chi connectivity index (χ3v) is 11.2. The van der Waals surface area contributed by atoms with E-state index in [1.807, 2.05) is 12.2 Å². The zero-order chi connectivity index (χ0) is 45.3. The summed E-state index contributed by atoms with van der Waals surface area (Å²) < 4.78 is 27.7. The van der Waals surface area contributed by atoms with E-state index in [1.165, 1.54) is 116 Å². The van der Waals surface area contributed by atoms with Gasteiger partial charge in [-0.3, -0.25) is 14.4 Å². The smallest absolute Gasteiger partial charge is 0.307 e. The van der Waals surface area contributed by atoms with Gasteiger partial charge in [0.05, 0.1) is 25.0 Å². The molecule has 8 heteroatoms. The normalized spacial score (nSPS) is 17.2. The minimum Gasteiger partial charge on any atom is -0.462 e. The van der Waals surface area contributed by atoms with Gasteiger partial charge in [-0.1, -0.05) is 171 Å². The Morgan fingerprint density at radius 3 is 1.37 bits per heavy atom. The summed E-state index contributed by atoms with van der Waals surface area (Å²) in [5, 5.41) is 0. The summed E-state index contributed by atoms with van der Waals surface area (Å²) in [5.41, 5.74) is 0. The van der Waals surface area contributed by atoms with Gasteiger partial charge in [-0.2, -0.15) is 0 Å². The van der Waals surface area contributed by atoms with Gasteiger partial charge in [0.1, 0.15) is 25.4 Å². The second kappa shape index (κ2) is 39.6. The first-order chi connectivity index (χ1) is 31.0. The van der Waals surface area contributed by atoms with Gasteiger partial charge in [0.15, 0.2) is 6.10 Å². The SMILES string of the molecule is C=CCCCCCCC[C@@H]1O[C@H]1C#CC#CCCC(=O)OCC(COC(=O)CCCCCCCCCCCCCCC)OC(=O)CCC#CC#C[C@@H]1O[C@H]1CCCCCCCC=C. The van der Waals surface area contributed by atoms with Crippen molar-refractivity contribution in [2.24, 2.45) is 0 Å². The van der Waals surface area contributed by atoms with Gasteiger partial charge < -0.3 is 23.7 Å². The van der Waals surface area contributed by atoms with Gasteiger partial charge in [-0.05, 0) is 68.6 Å². The monoisotopic (exact) mass is 871 g/mol. The Balaban J connectivity index is 1.68. The lowest BCUT2D eigenvalue weighted by molar-refractivity contribution is -0.166. The molecule has 0 saturated carbocycles. The van der Waals surface area contributed by atoms with Crippen molar-refractivity contribution in [3.63, 3.8) is 0 Å². The van der Waals surface area contributed by atoms with Gasteiger partial charge in [0.25, 0.3) is 0 Å². The molecule has 8 nitrogen and oxygen atoms in total. The fraction of sp³-hybridized carbons (Fsp3) is 0.727. The van der Waals surface area contributed by atoms with Crippen molar-refractivity contribution >= 4 is 17.9 Å². The molecule has 0 amide bonds. The first-order valence-electron chi connectivity index (χ1n) is 25.0. The molecule has 2 aliphatic heterocycles. The van der Waals surface area contributed by atoms with Crippen LogP contribution in [0.3, 0.4) is 0 Å². The molecule has 2 aliphatic rings. The van der Waals surface area contributed by atoms with Crippen molar-refractivity contribution in [3.05, 3.63) is 25.3 Å². The van der Waals surface area contributed by atoms with Gasteiger partial charge in [-0.15, -0.1) is 13.2 Å². The molecule has 0 aromatic carbocycles. The molecule has 2 heterocycles. The van der Waals surface area contributed by atoms with E-state index < -0.39 is 18.0 Å². The zero-order valence-corrected chi connectivity index (χ0v) is 39.3. The van der Waals surface area contributed by atoms with Crippen molar-refractivity contribution in [2.45, 2.75) is 243 Å². The maximum absolute atomic E-state index is 12.7. The average molecular weight is 871 g/mol. The summed E-state index contributed by atoms with van der Waals surface area (Å²) in [4.78, 5) is 37.8. The molecular formula is C55H82O8. The first kappa shape index (κ1) is 55.2. The van der Waals surface area contributed by atoms with Gasteiger partial charge in [0.2, 0.25) is 0 Å². The number of rotatable bonds is 39. The average Bonchev–Trinajstić information content (AvgIpc) is 4.22. The maximum Gasteiger partial charge on any atom is 0.307 e. The number of hydrogen-bond acceptors (Lipinski definition) is 8. The Kier molecular flexibility index (Phi) is 34.7. The van der Waals surface area contributed by atoms with E-state index in [2.05, 4.69) is 67.4 Å². The summed E-state index contributed by atoms with van der Waals surface area (Å²) in [6.45, 7) is 9.37. The van der Waals surface area contributed by atoms with Gasteiger partial charge in [-0.25, -0.2) is 0 Å². The standard InChI is InChI=1S/C55H82O8/c1-4-7-10-13-16-17-18-19-20-21-24-27-36-43-53(56)59-46-48(61-55(58)45-38-31-29-35-42-52-50(63-52)40-33-26-23-15-12-9-6-3)47-60-54(57)44-37-30-28-34-41-51-49(62-51)39-32-25-22-14-11-8-5-2/h5-6,48-52H,2-4,7-27,32-33,36-40,43-47H2,1H3/t48?,49-,50-,51-,52-/m0/s1. The topological polar surface area (TPSA) is 104 Å². The number of esters is 3. The lowest BCUT2D eigenvalue weighted by Crippen LogP contribution is -2.30. The summed E-state index contributed by atoms with van der Waals surface area (Å²) in [6.07, 6.45) is 36.4. The van der Waals surface area contributed by atoms with Crippen LogP contribution in [0.25, 0.3) is 0 Å². The molecule has 0 radical (unpaired) electrons. The van der Waals surface area contributed by atoms with Crippen LogP contribution in [0.5, 0.6) is 0 Å². The molecular weight excluding hydrogens is 789 g/mol. The number of carbonyl (C=O) groups is 3. The molecule has 0 aromatic heterocycles. The minimum absolute atomic E-state index is 0.0288. The van der Waals surface area contributed by atoms with Gasteiger partial charge >= 0.3 is 17.9 Å². The molecule has 2 fully saturated rings. The van der Waals surface area contributed by atoms with Crippen LogP contribution in [0.2, 0.25) is 0 Å². The van der Waals surface area contributed by atoms with Crippen LogP contribution in [-0.2, 0) is 38.1 Å². The van der Waals surface area contributed by atoms with Crippen LogP contribution in [0.15, 0.2) is 25.3 Å². The first-order valence-corrected chi connectivity index (χ1v) is 25.0. The van der Waals surface area contributed by atoms with E-state index in [4.69, 9.17) is 23.7 Å². The molecule has 0 aliphatic carbocycles. The predicted octanol–water partition coefficient (Wildman–Crippen LogP) is 12.4. The molecule has 63 heavy (non-hydrogen) atoms. The second-order valence-electron chi connectivity index (χ2n) is 17.1. The van der Waals surface area contributed by atoms with E-state index in [0.717, 1.165) is 57.8 Å². The molecule has 5 atom stereocenters. The third kappa shape index (κ3) is 34.2. The van der Waals surface area contributed by atoms with Crippen LogP contribution in [-0.4, -0.2) is 61.6 Å². The Labute approximate surface area is 383 Å². The lowest BCUT2D eigenvalue weighted by Gasteiger charge is -2.18. The van der Waals surface area contributed by atoms with E-state index in [-0.39, 0.29) is 69.3 Å².